The highest BCUT2D eigenvalue weighted by Crippen LogP contribution is 2.23. The third-order valence-electron chi connectivity index (χ3n) is 2.21. The van der Waals surface area contributed by atoms with Gasteiger partial charge in [0, 0.05) is 12.5 Å². The van der Waals surface area contributed by atoms with E-state index in [9.17, 15) is 9.00 Å². The molecule has 0 N–H and O–H groups in total. The molecule has 6 nitrogen and oxygen atoms in total. The number of rotatable bonds is 3. The molecule has 0 aliphatic heterocycles. The highest BCUT2D eigenvalue weighted by Gasteiger charge is 2.19. The minimum atomic E-state index is -1.28. The number of imidazole rings is 1. The van der Waals surface area contributed by atoms with Crippen molar-refractivity contribution < 1.29 is 13.7 Å². The van der Waals surface area contributed by atoms with Gasteiger partial charge in [-0.05, 0) is 22.9 Å². The predicted octanol–water partition coefficient (Wildman–Crippen LogP) is 1.41. The molecule has 1 unspecified atom stereocenters. The van der Waals surface area contributed by atoms with Gasteiger partial charge in [-0.3, -0.25) is 8.61 Å². The molecule has 2 rings (SSSR count). The lowest BCUT2D eigenvalue weighted by atomic mass is 10.3. The Balaban J connectivity index is 2.69. The Morgan fingerprint density at radius 3 is 2.89 bits per heavy atom. The Morgan fingerprint density at radius 1 is 1.56 bits per heavy atom. The lowest BCUT2D eigenvalue weighted by Crippen LogP contribution is -2.07. The van der Waals surface area contributed by atoms with E-state index in [1.165, 1.54) is 23.2 Å². The van der Waals surface area contributed by atoms with Gasteiger partial charge >= 0.3 is 5.97 Å². The van der Waals surface area contributed by atoms with Gasteiger partial charge in [0.15, 0.2) is 5.69 Å². The van der Waals surface area contributed by atoms with Gasteiger partial charge in [-0.25, -0.2) is 14.8 Å². The van der Waals surface area contributed by atoms with Crippen LogP contribution in [0.4, 0.5) is 0 Å². The van der Waals surface area contributed by atoms with Crippen LogP contribution in [0.2, 0.25) is 0 Å². The summed E-state index contributed by atoms with van der Waals surface area (Å²) in [4.78, 5) is 19.8. The molecule has 0 aliphatic carbocycles. The number of esters is 1. The third-order valence-corrected chi connectivity index (χ3v) is 3.61. The van der Waals surface area contributed by atoms with Crippen LogP contribution in [-0.2, 0) is 15.5 Å². The number of hydrogen-bond donors (Lipinski definition) is 0. The molecule has 0 spiro atoms. The van der Waals surface area contributed by atoms with Crippen molar-refractivity contribution in [2.45, 2.75) is 12.1 Å². The molecule has 0 bridgehead atoms. The van der Waals surface area contributed by atoms with Crippen molar-refractivity contribution in [3.05, 3.63) is 22.7 Å². The molecule has 2 heterocycles. The molecule has 0 aliphatic rings. The summed E-state index contributed by atoms with van der Waals surface area (Å²) in [6.45, 7) is 1.99. The minimum Gasteiger partial charge on any atom is -0.461 e. The van der Waals surface area contributed by atoms with Crippen LogP contribution in [0.15, 0.2) is 22.2 Å². The van der Waals surface area contributed by atoms with Crippen LogP contribution in [-0.4, -0.2) is 37.4 Å². The Morgan fingerprint density at radius 2 is 2.28 bits per heavy atom. The van der Waals surface area contributed by atoms with E-state index in [1.54, 1.807) is 6.92 Å². The summed E-state index contributed by atoms with van der Waals surface area (Å²) < 4.78 is 18.6. The van der Waals surface area contributed by atoms with Crippen LogP contribution in [0.3, 0.4) is 0 Å². The summed E-state index contributed by atoms with van der Waals surface area (Å²) in [7, 11) is -1.28. The van der Waals surface area contributed by atoms with Gasteiger partial charge in [-0.2, -0.15) is 0 Å². The van der Waals surface area contributed by atoms with Crippen molar-refractivity contribution in [1.29, 1.82) is 0 Å². The second-order valence-corrected chi connectivity index (χ2v) is 5.50. The molecule has 0 saturated heterocycles. The maximum Gasteiger partial charge on any atom is 0.359 e. The maximum atomic E-state index is 11.7. The number of carbonyl (C=O) groups excluding carboxylic acids is 1. The normalized spacial score (nSPS) is 12.6. The van der Waals surface area contributed by atoms with E-state index in [0.29, 0.717) is 15.1 Å². The van der Waals surface area contributed by atoms with E-state index in [2.05, 4.69) is 25.9 Å². The Labute approximate surface area is 114 Å². The monoisotopic (exact) mass is 331 g/mol. The van der Waals surface area contributed by atoms with E-state index in [1.807, 2.05) is 0 Å². The summed E-state index contributed by atoms with van der Waals surface area (Å²) in [6, 6.07) is 0. The maximum absolute atomic E-state index is 11.7. The molecule has 1 atom stereocenters. The van der Waals surface area contributed by atoms with E-state index in [0.717, 1.165) is 0 Å². The summed E-state index contributed by atoms with van der Waals surface area (Å²) in [5.74, 6) is -0.514. The van der Waals surface area contributed by atoms with E-state index in [4.69, 9.17) is 4.74 Å². The van der Waals surface area contributed by atoms with Crippen LogP contribution in [0, 0.1) is 0 Å². The summed E-state index contributed by atoms with van der Waals surface area (Å²) in [6.07, 6.45) is 4.42. The zero-order valence-electron chi connectivity index (χ0n) is 9.71. The lowest BCUT2D eigenvalue weighted by Gasteiger charge is -2.04. The van der Waals surface area contributed by atoms with Crippen molar-refractivity contribution in [3.63, 3.8) is 0 Å². The van der Waals surface area contributed by atoms with Crippen LogP contribution < -0.4 is 0 Å². The first kappa shape index (κ1) is 13.2. The van der Waals surface area contributed by atoms with Gasteiger partial charge in [0.1, 0.15) is 6.33 Å². The number of fused-ring (bicyclic) bond motifs is 1. The fourth-order valence-corrected chi connectivity index (χ4v) is 2.62. The fraction of sp³-hybridized carbons (Fsp3) is 0.300. The summed E-state index contributed by atoms with van der Waals surface area (Å²) >= 11 is 3.30. The number of carbonyl (C=O) groups is 1. The average molecular weight is 332 g/mol. The molecule has 18 heavy (non-hydrogen) atoms. The van der Waals surface area contributed by atoms with Gasteiger partial charge in [0.2, 0.25) is 5.16 Å². The molecule has 0 amide bonds. The van der Waals surface area contributed by atoms with Crippen LogP contribution >= 0.6 is 15.9 Å². The quantitative estimate of drug-likeness (QED) is 0.628. The largest absolute Gasteiger partial charge is 0.461 e. The molecular weight excluding hydrogens is 322 g/mol. The van der Waals surface area contributed by atoms with Crippen molar-refractivity contribution >= 4 is 38.2 Å². The molecule has 2 aromatic heterocycles. The molecule has 2 aromatic rings. The van der Waals surface area contributed by atoms with Crippen molar-refractivity contribution in [3.8, 4) is 0 Å². The summed E-state index contributed by atoms with van der Waals surface area (Å²) in [5.41, 5.74) is 0.687. The van der Waals surface area contributed by atoms with Crippen LogP contribution in [0.5, 0.6) is 0 Å². The van der Waals surface area contributed by atoms with Gasteiger partial charge in [-0.15, -0.1) is 0 Å². The standard InChI is InChI=1S/C10H10BrN3O3S/c1-3-17-9(15)7-8-6(11)4-12-10(18(2)16)14(8)5-13-7/h4-5H,3H2,1-2H3. The number of aromatic nitrogens is 3. The van der Waals surface area contributed by atoms with E-state index < -0.39 is 16.8 Å². The molecule has 0 aromatic carbocycles. The Kier molecular flexibility index (Phi) is 3.76. The third kappa shape index (κ3) is 2.17. The number of nitrogens with zero attached hydrogens (tertiary/aromatic N) is 3. The van der Waals surface area contributed by atoms with Gasteiger partial charge in [-0.1, -0.05) is 0 Å². The highest BCUT2D eigenvalue weighted by atomic mass is 79.9. The topological polar surface area (TPSA) is 73.6 Å². The molecule has 0 saturated carbocycles. The first-order chi connectivity index (χ1) is 8.56. The predicted molar refractivity (Wildman–Crippen MR) is 69.0 cm³/mol. The minimum absolute atomic E-state index is 0.179. The molecule has 0 fully saturated rings. The summed E-state index contributed by atoms with van der Waals surface area (Å²) in [5, 5.41) is 0.330. The van der Waals surface area contributed by atoms with E-state index >= 15 is 0 Å². The molecule has 0 radical (unpaired) electrons. The number of hydrogen-bond acceptors (Lipinski definition) is 5. The van der Waals surface area contributed by atoms with Crippen LogP contribution in [0.25, 0.3) is 5.52 Å². The lowest BCUT2D eigenvalue weighted by molar-refractivity contribution is 0.0522. The van der Waals surface area contributed by atoms with Crippen molar-refractivity contribution in [1.82, 2.24) is 14.4 Å². The van der Waals surface area contributed by atoms with Gasteiger partial charge in [0.05, 0.1) is 27.4 Å². The molecular formula is C10H10BrN3O3S. The smallest absolute Gasteiger partial charge is 0.359 e. The number of halogens is 1. The zero-order valence-corrected chi connectivity index (χ0v) is 12.1. The SMILES string of the molecule is CCOC(=O)c1ncn2c(S(C)=O)ncc(Br)c12. The first-order valence-corrected chi connectivity index (χ1v) is 7.43. The van der Waals surface area contributed by atoms with Crippen LogP contribution in [0.1, 0.15) is 17.4 Å². The second kappa shape index (κ2) is 5.15. The Hall–Kier alpha value is -1.28. The van der Waals surface area contributed by atoms with E-state index in [-0.39, 0.29) is 12.3 Å². The average Bonchev–Trinajstić information content (AvgIpc) is 2.74. The molecule has 96 valence electrons. The highest BCUT2D eigenvalue weighted by molar-refractivity contribution is 9.10. The first-order valence-electron chi connectivity index (χ1n) is 5.08. The second-order valence-electron chi connectivity index (χ2n) is 3.38. The Bertz CT molecular complexity index is 641. The van der Waals surface area contributed by atoms with Crippen molar-refractivity contribution in [2.75, 3.05) is 12.9 Å². The fourth-order valence-electron chi connectivity index (χ4n) is 1.52. The zero-order chi connectivity index (χ0) is 13.3. The molecule has 8 heteroatoms. The number of ether oxygens (including phenoxy) is 1. The van der Waals surface area contributed by atoms with Crippen molar-refractivity contribution in [2.24, 2.45) is 0 Å². The van der Waals surface area contributed by atoms with Gasteiger partial charge < -0.3 is 4.74 Å². The van der Waals surface area contributed by atoms with Gasteiger partial charge in [0.25, 0.3) is 0 Å².